The van der Waals surface area contributed by atoms with E-state index in [4.69, 9.17) is 4.74 Å². The second-order valence-electron chi connectivity index (χ2n) is 5.61. The second-order valence-corrected chi connectivity index (χ2v) is 5.61. The summed E-state index contributed by atoms with van der Waals surface area (Å²) in [6.45, 7) is 7.49. The van der Waals surface area contributed by atoms with Crippen LogP contribution in [0.3, 0.4) is 0 Å². The van der Waals surface area contributed by atoms with Crippen LogP contribution in [0.5, 0.6) is 0 Å². The molecule has 0 unspecified atom stereocenters. The van der Waals surface area contributed by atoms with Crippen molar-refractivity contribution in [1.29, 1.82) is 0 Å². The first-order chi connectivity index (χ1) is 11.9. The summed E-state index contributed by atoms with van der Waals surface area (Å²) in [5.74, 6) is -2.03. The molecule has 0 aliphatic carbocycles. The Kier molecular flexibility index (Phi) is 5.69. The summed E-state index contributed by atoms with van der Waals surface area (Å²) >= 11 is 0. The van der Waals surface area contributed by atoms with E-state index in [2.05, 4.69) is 11.9 Å². The third kappa shape index (κ3) is 3.76. The van der Waals surface area contributed by atoms with E-state index < -0.39 is 23.9 Å². The summed E-state index contributed by atoms with van der Waals surface area (Å²) in [5, 5.41) is 2.63. The van der Waals surface area contributed by atoms with E-state index in [-0.39, 0.29) is 29.1 Å². The van der Waals surface area contributed by atoms with Crippen LogP contribution in [-0.2, 0) is 9.53 Å². The first-order valence-corrected chi connectivity index (χ1v) is 8.00. The number of benzene rings is 1. The summed E-state index contributed by atoms with van der Waals surface area (Å²) in [6, 6.07) is 4.13. The van der Waals surface area contributed by atoms with Gasteiger partial charge in [0.05, 0.1) is 16.7 Å². The predicted octanol–water partition coefficient (Wildman–Crippen LogP) is 1.54. The number of hydrogen-bond acceptors (Lipinski definition) is 5. The fourth-order valence-corrected chi connectivity index (χ4v) is 2.39. The number of hydrogen-bond donors (Lipinski definition) is 1. The number of esters is 1. The molecule has 1 atom stereocenters. The van der Waals surface area contributed by atoms with E-state index in [1.54, 1.807) is 0 Å². The van der Waals surface area contributed by atoms with Crippen molar-refractivity contribution in [2.75, 3.05) is 13.1 Å². The SMILES string of the molecule is C=CCN1C(=O)c2ccc(C(=O)O[C@@H](C)C(=O)NCCC)cc2C1=O. The topological polar surface area (TPSA) is 92.8 Å². The number of fused-ring (bicyclic) bond motifs is 1. The Hall–Kier alpha value is -2.96. The Morgan fingerprint density at radius 1 is 1.28 bits per heavy atom. The Morgan fingerprint density at radius 3 is 2.60 bits per heavy atom. The molecule has 1 N–H and O–H groups in total. The lowest BCUT2D eigenvalue weighted by atomic mass is 10.1. The van der Waals surface area contributed by atoms with E-state index in [0.717, 1.165) is 11.3 Å². The Morgan fingerprint density at radius 2 is 1.96 bits per heavy atom. The molecule has 2 rings (SSSR count). The van der Waals surface area contributed by atoms with Crippen LogP contribution >= 0.6 is 0 Å². The summed E-state index contributed by atoms with van der Waals surface area (Å²) in [7, 11) is 0. The van der Waals surface area contributed by atoms with Gasteiger partial charge in [0.15, 0.2) is 6.10 Å². The lowest BCUT2D eigenvalue weighted by molar-refractivity contribution is -0.129. The zero-order valence-corrected chi connectivity index (χ0v) is 14.2. The van der Waals surface area contributed by atoms with Crippen molar-refractivity contribution in [1.82, 2.24) is 10.2 Å². The van der Waals surface area contributed by atoms with Gasteiger partial charge in [-0.25, -0.2) is 4.79 Å². The molecule has 1 aromatic carbocycles. The van der Waals surface area contributed by atoms with E-state index in [1.807, 2.05) is 6.92 Å². The zero-order chi connectivity index (χ0) is 18.6. The molecule has 1 heterocycles. The molecule has 7 heteroatoms. The van der Waals surface area contributed by atoms with Gasteiger partial charge in [0.25, 0.3) is 17.7 Å². The quantitative estimate of drug-likeness (QED) is 0.460. The highest BCUT2D eigenvalue weighted by molar-refractivity contribution is 6.22. The van der Waals surface area contributed by atoms with Crippen molar-refractivity contribution in [2.24, 2.45) is 0 Å². The zero-order valence-electron chi connectivity index (χ0n) is 14.2. The van der Waals surface area contributed by atoms with Crippen LogP contribution in [0.25, 0.3) is 0 Å². The summed E-state index contributed by atoms with van der Waals surface area (Å²) in [5.41, 5.74) is 0.483. The van der Waals surface area contributed by atoms with Crippen molar-refractivity contribution < 1.29 is 23.9 Å². The van der Waals surface area contributed by atoms with Gasteiger partial charge in [-0.1, -0.05) is 13.0 Å². The molecule has 0 saturated carbocycles. The van der Waals surface area contributed by atoms with Crippen LogP contribution in [0.2, 0.25) is 0 Å². The van der Waals surface area contributed by atoms with Crippen LogP contribution in [0.4, 0.5) is 0 Å². The fourth-order valence-electron chi connectivity index (χ4n) is 2.39. The standard InChI is InChI=1S/C18H20N2O5/c1-4-8-19-15(21)11(3)25-18(24)12-6-7-13-14(10-12)17(23)20(9-5-2)16(13)22/h5-7,10-11H,2,4,8-9H2,1,3H3,(H,19,21)/t11-/m0/s1. The van der Waals surface area contributed by atoms with Crippen molar-refractivity contribution in [3.63, 3.8) is 0 Å². The molecule has 1 aliphatic heterocycles. The van der Waals surface area contributed by atoms with E-state index in [0.29, 0.717) is 6.54 Å². The van der Waals surface area contributed by atoms with Crippen molar-refractivity contribution >= 4 is 23.7 Å². The molecule has 7 nitrogen and oxygen atoms in total. The Balaban J connectivity index is 2.14. The van der Waals surface area contributed by atoms with Crippen LogP contribution in [0, 0.1) is 0 Å². The molecule has 0 spiro atoms. The van der Waals surface area contributed by atoms with Crippen molar-refractivity contribution in [3.8, 4) is 0 Å². The van der Waals surface area contributed by atoms with Gasteiger partial charge in [-0.2, -0.15) is 0 Å². The van der Waals surface area contributed by atoms with E-state index in [9.17, 15) is 19.2 Å². The number of carbonyl (C=O) groups is 4. The van der Waals surface area contributed by atoms with Gasteiger partial charge < -0.3 is 10.1 Å². The van der Waals surface area contributed by atoms with Gasteiger partial charge in [0.1, 0.15) is 0 Å². The Labute approximate surface area is 145 Å². The molecular formula is C18H20N2O5. The highest BCUT2D eigenvalue weighted by Gasteiger charge is 2.35. The number of amides is 3. The maximum Gasteiger partial charge on any atom is 0.338 e. The fraction of sp³-hybridized carbons (Fsp3) is 0.333. The van der Waals surface area contributed by atoms with Gasteiger partial charge in [-0.3, -0.25) is 19.3 Å². The molecule has 0 fully saturated rings. The highest BCUT2D eigenvalue weighted by atomic mass is 16.5. The maximum atomic E-state index is 12.3. The lowest BCUT2D eigenvalue weighted by Gasteiger charge is -2.13. The summed E-state index contributed by atoms with van der Waals surface area (Å²) in [6.07, 6.45) is 1.27. The summed E-state index contributed by atoms with van der Waals surface area (Å²) in [4.78, 5) is 49.4. The largest absolute Gasteiger partial charge is 0.449 e. The minimum atomic E-state index is -0.957. The van der Waals surface area contributed by atoms with Crippen LogP contribution in [0.1, 0.15) is 51.3 Å². The van der Waals surface area contributed by atoms with Crippen LogP contribution in [0.15, 0.2) is 30.9 Å². The lowest BCUT2D eigenvalue weighted by Crippen LogP contribution is -2.36. The predicted molar refractivity (Wildman–Crippen MR) is 90.2 cm³/mol. The van der Waals surface area contributed by atoms with Crippen molar-refractivity contribution in [2.45, 2.75) is 26.4 Å². The van der Waals surface area contributed by atoms with E-state index >= 15 is 0 Å². The normalized spacial score (nSPS) is 14.1. The molecule has 1 aromatic rings. The third-order valence-electron chi connectivity index (χ3n) is 3.72. The molecule has 132 valence electrons. The molecular weight excluding hydrogens is 324 g/mol. The highest BCUT2D eigenvalue weighted by Crippen LogP contribution is 2.24. The third-order valence-corrected chi connectivity index (χ3v) is 3.72. The molecule has 0 aromatic heterocycles. The number of imide groups is 1. The molecule has 0 radical (unpaired) electrons. The number of rotatable bonds is 7. The smallest absolute Gasteiger partial charge is 0.338 e. The van der Waals surface area contributed by atoms with Gasteiger partial charge in [0, 0.05) is 13.1 Å². The van der Waals surface area contributed by atoms with Gasteiger partial charge in [-0.05, 0) is 31.5 Å². The molecule has 3 amide bonds. The number of carbonyl (C=O) groups excluding carboxylic acids is 4. The number of ether oxygens (including phenoxy) is 1. The number of nitrogens with zero attached hydrogens (tertiary/aromatic N) is 1. The molecule has 25 heavy (non-hydrogen) atoms. The van der Waals surface area contributed by atoms with Gasteiger partial charge >= 0.3 is 5.97 Å². The van der Waals surface area contributed by atoms with Crippen LogP contribution in [-0.4, -0.2) is 47.8 Å². The maximum absolute atomic E-state index is 12.3. The monoisotopic (exact) mass is 344 g/mol. The molecule has 1 aliphatic rings. The average Bonchev–Trinajstić information content (AvgIpc) is 2.84. The minimum Gasteiger partial charge on any atom is -0.449 e. The molecule has 0 saturated heterocycles. The van der Waals surface area contributed by atoms with Gasteiger partial charge in [-0.15, -0.1) is 6.58 Å². The first kappa shape index (κ1) is 18.4. The van der Waals surface area contributed by atoms with Crippen LogP contribution < -0.4 is 5.32 Å². The molecule has 0 bridgehead atoms. The Bertz CT molecular complexity index is 741. The van der Waals surface area contributed by atoms with Crippen molar-refractivity contribution in [3.05, 3.63) is 47.5 Å². The number of nitrogens with one attached hydrogen (secondary N) is 1. The average molecular weight is 344 g/mol. The first-order valence-electron chi connectivity index (χ1n) is 8.00. The second kappa shape index (κ2) is 7.74. The minimum absolute atomic E-state index is 0.0980. The van der Waals surface area contributed by atoms with Gasteiger partial charge in [0.2, 0.25) is 0 Å². The summed E-state index contributed by atoms with van der Waals surface area (Å²) < 4.78 is 5.11. The van der Waals surface area contributed by atoms with E-state index in [1.165, 1.54) is 31.2 Å².